The van der Waals surface area contributed by atoms with Gasteiger partial charge in [0.05, 0.1) is 5.02 Å². The van der Waals surface area contributed by atoms with Gasteiger partial charge in [-0.05, 0) is 30.5 Å². The average molecular weight is 328 g/mol. The third-order valence-electron chi connectivity index (χ3n) is 3.95. The summed E-state index contributed by atoms with van der Waals surface area (Å²) < 4.78 is 5.72. The van der Waals surface area contributed by atoms with Gasteiger partial charge < -0.3 is 9.73 Å². The van der Waals surface area contributed by atoms with Gasteiger partial charge in [0.2, 0.25) is 0 Å². The lowest BCUT2D eigenvalue weighted by Crippen LogP contribution is -2.13. The highest BCUT2D eigenvalue weighted by molar-refractivity contribution is 6.35. The van der Waals surface area contributed by atoms with E-state index in [-0.39, 0.29) is 5.91 Å². The topological polar surface area (TPSA) is 42.2 Å². The molecule has 0 atom stereocenters. The Hall–Kier alpha value is -2.26. The molecular formula is C19H18ClNO2. The number of carbonyl (C=O) groups is 1. The molecule has 1 heterocycles. The van der Waals surface area contributed by atoms with Crippen molar-refractivity contribution in [1.29, 1.82) is 0 Å². The Morgan fingerprint density at radius 3 is 2.57 bits per heavy atom. The molecule has 3 nitrogen and oxygen atoms in total. The smallest absolute Gasteiger partial charge is 0.291 e. The van der Waals surface area contributed by atoms with E-state index < -0.39 is 0 Å². The van der Waals surface area contributed by atoms with Crippen LogP contribution >= 0.6 is 11.6 Å². The number of fused-ring (bicyclic) bond motifs is 1. The number of rotatable bonds is 3. The van der Waals surface area contributed by atoms with Crippen LogP contribution in [0, 0.1) is 6.92 Å². The lowest BCUT2D eigenvalue weighted by molar-refractivity contribution is 0.0998. The lowest BCUT2D eigenvalue weighted by atomic mass is 10.0. The number of hydrogen-bond acceptors (Lipinski definition) is 2. The average Bonchev–Trinajstić information content (AvgIpc) is 2.86. The Kier molecular flexibility index (Phi) is 4.14. The molecule has 0 radical (unpaired) electrons. The predicted molar refractivity (Wildman–Crippen MR) is 94.4 cm³/mol. The number of halogens is 1. The number of furan rings is 1. The van der Waals surface area contributed by atoms with Crippen LogP contribution in [-0.4, -0.2) is 5.91 Å². The van der Waals surface area contributed by atoms with Crippen molar-refractivity contribution in [2.45, 2.75) is 26.7 Å². The maximum atomic E-state index is 12.6. The van der Waals surface area contributed by atoms with E-state index in [2.05, 4.69) is 19.2 Å². The fourth-order valence-corrected chi connectivity index (χ4v) is 2.93. The molecule has 2 aromatic carbocycles. The van der Waals surface area contributed by atoms with Crippen molar-refractivity contribution in [2.75, 3.05) is 5.32 Å². The van der Waals surface area contributed by atoms with Gasteiger partial charge in [-0.15, -0.1) is 0 Å². The number of para-hydroxylation sites is 2. The lowest BCUT2D eigenvalue weighted by Gasteiger charge is -2.13. The molecule has 0 aliphatic rings. The zero-order chi connectivity index (χ0) is 16.6. The summed E-state index contributed by atoms with van der Waals surface area (Å²) in [4.78, 5) is 12.6. The van der Waals surface area contributed by atoms with Crippen molar-refractivity contribution in [3.05, 3.63) is 64.4 Å². The van der Waals surface area contributed by atoms with Gasteiger partial charge in [-0.25, -0.2) is 0 Å². The van der Waals surface area contributed by atoms with Crippen LogP contribution in [0.2, 0.25) is 5.02 Å². The molecule has 1 N–H and O–H groups in total. The van der Waals surface area contributed by atoms with Gasteiger partial charge in [-0.1, -0.05) is 55.8 Å². The van der Waals surface area contributed by atoms with Gasteiger partial charge in [0, 0.05) is 16.6 Å². The summed E-state index contributed by atoms with van der Waals surface area (Å²) in [5.41, 5.74) is 3.24. The van der Waals surface area contributed by atoms with E-state index in [1.165, 1.54) is 0 Å². The maximum Gasteiger partial charge on any atom is 0.291 e. The quantitative estimate of drug-likeness (QED) is 0.663. The SMILES string of the molecule is Cc1c(C(=O)Nc2ccccc2C(C)C)oc2c(Cl)cccc12. The monoisotopic (exact) mass is 327 g/mol. The zero-order valence-electron chi connectivity index (χ0n) is 13.3. The van der Waals surface area contributed by atoms with Crippen LogP contribution in [0.5, 0.6) is 0 Å². The minimum atomic E-state index is -0.261. The van der Waals surface area contributed by atoms with E-state index in [9.17, 15) is 4.79 Å². The first-order valence-electron chi connectivity index (χ1n) is 7.57. The molecule has 0 spiro atoms. The molecule has 0 aliphatic heterocycles. The van der Waals surface area contributed by atoms with Crippen LogP contribution in [-0.2, 0) is 0 Å². The van der Waals surface area contributed by atoms with Crippen LogP contribution in [0.1, 0.15) is 41.4 Å². The molecule has 0 bridgehead atoms. The first-order valence-corrected chi connectivity index (χ1v) is 7.94. The summed E-state index contributed by atoms with van der Waals surface area (Å²) >= 11 is 6.15. The summed E-state index contributed by atoms with van der Waals surface area (Å²) in [6.07, 6.45) is 0. The normalized spacial score (nSPS) is 11.2. The van der Waals surface area contributed by atoms with Crippen LogP contribution in [0.25, 0.3) is 11.0 Å². The third kappa shape index (κ3) is 2.84. The molecule has 4 heteroatoms. The highest BCUT2D eigenvalue weighted by Crippen LogP contribution is 2.31. The second-order valence-electron chi connectivity index (χ2n) is 5.87. The van der Waals surface area contributed by atoms with Crippen molar-refractivity contribution in [2.24, 2.45) is 0 Å². The summed E-state index contributed by atoms with van der Waals surface area (Å²) in [5, 5.41) is 4.32. The highest BCUT2D eigenvalue weighted by atomic mass is 35.5. The number of anilines is 1. The van der Waals surface area contributed by atoms with E-state index in [1.807, 2.05) is 43.3 Å². The van der Waals surface area contributed by atoms with Gasteiger partial charge >= 0.3 is 0 Å². The van der Waals surface area contributed by atoms with Crippen LogP contribution in [0.4, 0.5) is 5.69 Å². The van der Waals surface area contributed by atoms with Crippen molar-refractivity contribution >= 4 is 34.2 Å². The number of benzene rings is 2. The zero-order valence-corrected chi connectivity index (χ0v) is 14.1. The Labute approximate surface area is 140 Å². The fourth-order valence-electron chi connectivity index (χ4n) is 2.72. The fraction of sp³-hybridized carbons (Fsp3) is 0.211. The molecule has 0 saturated heterocycles. The molecule has 3 rings (SSSR count). The molecule has 1 amide bonds. The van der Waals surface area contributed by atoms with E-state index in [0.29, 0.717) is 22.3 Å². The van der Waals surface area contributed by atoms with Crippen molar-refractivity contribution < 1.29 is 9.21 Å². The van der Waals surface area contributed by atoms with E-state index in [1.54, 1.807) is 6.07 Å². The standard InChI is InChI=1S/C19H18ClNO2/c1-11(2)13-7-4-5-10-16(13)21-19(22)17-12(3)14-8-6-9-15(20)18(14)23-17/h4-11H,1-3H3,(H,21,22). The van der Waals surface area contributed by atoms with E-state index in [0.717, 1.165) is 22.2 Å². The van der Waals surface area contributed by atoms with E-state index in [4.69, 9.17) is 16.0 Å². The van der Waals surface area contributed by atoms with Gasteiger partial charge in [-0.3, -0.25) is 4.79 Å². The van der Waals surface area contributed by atoms with Gasteiger partial charge in [0.25, 0.3) is 5.91 Å². The maximum absolute atomic E-state index is 12.6. The van der Waals surface area contributed by atoms with E-state index >= 15 is 0 Å². The molecule has 118 valence electrons. The molecule has 0 aliphatic carbocycles. The van der Waals surface area contributed by atoms with Gasteiger partial charge in [0.15, 0.2) is 11.3 Å². The molecular weight excluding hydrogens is 310 g/mol. The Balaban J connectivity index is 1.99. The number of aryl methyl sites for hydroxylation is 1. The minimum Gasteiger partial charge on any atom is -0.449 e. The summed E-state index contributed by atoms with van der Waals surface area (Å²) in [5.74, 6) is 0.354. The first-order chi connectivity index (χ1) is 11.0. The summed E-state index contributed by atoms with van der Waals surface area (Å²) in [7, 11) is 0. The summed E-state index contributed by atoms with van der Waals surface area (Å²) in [6.45, 7) is 6.06. The van der Waals surface area contributed by atoms with Crippen molar-refractivity contribution in [3.8, 4) is 0 Å². The first kappa shape index (κ1) is 15.6. The molecule has 0 fully saturated rings. The minimum absolute atomic E-state index is 0.261. The highest BCUT2D eigenvalue weighted by Gasteiger charge is 2.20. The Morgan fingerprint density at radius 1 is 1.13 bits per heavy atom. The largest absolute Gasteiger partial charge is 0.449 e. The van der Waals surface area contributed by atoms with Crippen LogP contribution in [0.15, 0.2) is 46.9 Å². The number of nitrogens with one attached hydrogen (secondary N) is 1. The Bertz CT molecular complexity index is 880. The third-order valence-corrected chi connectivity index (χ3v) is 4.25. The number of hydrogen-bond donors (Lipinski definition) is 1. The second-order valence-corrected chi connectivity index (χ2v) is 6.28. The number of amides is 1. The van der Waals surface area contributed by atoms with Crippen molar-refractivity contribution in [1.82, 2.24) is 0 Å². The van der Waals surface area contributed by atoms with Gasteiger partial charge in [-0.2, -0.15) is 0 Å². The molecule has 3 aromatic rings. The Morgan fingerprint density at radius 2 is 1.87 bits per heavy atom. The second kappa shape index (κ2) is 6.09. The molecule has 1 aromatic heterocycles. The van der Waals surface area contributed by atoms with Gasteiger partial charge in [0.1, 0.15) is 0 Å². The van der Waals surface area contributed by atoms with Crippen LogP contribution in [0.3, 0.4) is 0 Å². The molecule has 0 saturated carbocycles. The molecule has 0 unspecified atom stereocenters. The molecule has 23 heavy (non-hydrogen) atoms. The predicted octanol–water partition coefficient (Wildman–Crippen LogP) is 5.77. The van der Waals surface area contributed by atoms with Crippen molar-refractivity contribution in [3.63, 3.8) is 0 Å². The number of carbonyl (C=O) groups excluding carboxylic acids is 1. The summed E-state index contributed by atoms with van der Waals surface area (Å²) in [6, 6.07) is 13.3. The van der Waals surface area contributed by atoms with Crippen LogP contribution < -0.4 is 5.32 Å².